The zero-order chi connectivity index (χ0) is 15.1. The molecule has 0 saturated carbocycles. The molecule has 0 aliphatic heterocycles. The molecule has 5 nitrogen and oxygen atoms in total. The number of aryl methyl sites for hydroxylation is 2. The molecule has 3 rings (SSSR count). The summed E-state index contributed by atoms with van der Waals surface area (Å²) in [5, 5.41) is 8.17. The largest absolute Gasteiger partial charge is 0.300 e. The summed E-state index contributed by atoms with van der Waals surface area (Å²) in [7, 11) is 0. The van der Waals surface area contributed by atoms with Gasteiger partial charge in [-0.15, -0.1) is 10.2 Å². The Labute approximate surface area is 122 Å². The molecule has 2 heterocycles. The molecule has 0 aliphatic rings. The highest BCUT2D eigenvalue weighted by molar-refractivity contribution is 5.44. The maximum absolute atomic E-state index is 12.6. The fourth-order valence-electron chi connectivity index (χ4n) is 2.38. The lowest BCUT2D eigenvalue weighted by molar-refractivity contribution is 0.756. The van der Waals surface area contributed by atoms with E-state index in [9.17, 15) is 4.79 Å². The van der Waals surface area contributed by atoms with E-state index in [1.807, 2.05) is 45.2 Å². The maximum Gasteiger partial charge on any atom is 0.300 e. The fraction of sp³-hybridized carbons (Fsp3) is 0.312. The van der Waals surface area contributed by atoms with E-state index in [4.69, 9.17) is 0 Å². The summed E-state index contributed by atoms with van der Waals surface area (Å²) in [6, 6.07) is 5.97. The van der Waals surface area contributed by atoms with Crippen LogP contribution in [0, 0.1) is 13.8 Å². The Bertz CT molecular complexity index is 874. The van der Waals surface area contributed by atoms with Gasteiger partial charge in [-0.25, -0.2) is 0 Å². The van der Waals surface area contributed by atoms with Crippen molar-refractivity contribution in [1.29, 1.82) is 0 Å². The Hall–Kier alpha value is -2.43. The molecule has 0 spiro atoms. The van der Waals surface area contributed by atoms with Crippen molar-refractivity contribution in [3.05, 3.63) is 57.9 Å². The van der Waals surface area contributed by atoms with Crippen molar-refractivity contribution in [2.24, 2.45) is 0 Å². The van der Waals surface area contributed by atoms with E-state index < -0.39 is 0 Å². The van der Waals surface area contributed by atoms with Gasteiger partial charge in [-0.05, 0) is 37.1 Å². The van der Waals surface area contributed by atoms with E-state index in [0.717, 1.165) is 17.1 Å². The van der Waals surface area contributed by atoms with Crippen molar-refractivity contribution < 1.29 is 0 Å². The topological polar surface area (TPSA) is 52.2 Å². The number of rotatable bonds is 2. The highest BCUT2D eigenvalue weighted by Gasteiger charge is 2.13. The molecule has 5 heteroatoms. The molecule has 0 saturated heterocycles. The van der Waals surface area contributed by atoms with Crippen LogP contribution in [0.25, 0.3) is 11.3 Å². The first-order chi connectivity index (χ1) is 9.99. The average molecular weight is 282 g/mol. The van der Waals surface area contributed by atoms with Crippen LogP contribution in [0.4, 0.5) is 0 Å². The molecule has 0 aliphatic carbocycles. The first-order valence-electron chi connectivity index (χ1n) is 7.03. The standard InChI is InChI=1S/C16H18N4O/c1-10(2)14-17-18-15-16(21)19(7-8-20(14)15)13-6-5-11(3)12(4)9-13/h5-10H,1-4H3. The highest BCUT2D eigenvalue weighted by atomic mass is 16.1. The SMILES string of the molecule is Cc1ccc(-n2ccn3c(C(C)C)nnc3c2=O)cc1C. The summed E-state index contributed by atoms with van der Waals surface area (Å²) < 4.78 is 3.38. The third-order valence-corrected chi connectivity index (χ3v) is 3.78. The van der Waals surface area contributed by atoms with E-state index >= 15 is 0 Å². The van der Waals surface area contributed by atoms with Gasteiger partial charge in [-0.1, -0.05) is 19.9 Å². The first kappa shape index (κ1) is 13.5. The maximum atomic E-state index is 12.6. The fourth-order valence-corrected chi connectivity index (χ4v) is 2.38. The molecular formula is C16H18N4O. The van der Waals surface area contributed by atoms with Crippen LogP contribution in [0.1, 0.15) is 36.7 Å². The molecule has 0 unspecified atom stereocenters. The van der Waals surface area contributed by atoms with Gasteiger partial charge in [0.15, 0.2) is 0 Å². The summed E-state index contributed by atoms with van der Waals surface area (Å²) in [6.07, 6.45) is 3.62. The van der Waals surface area contributed by atoms with Crippen LogP contribution in [0.3, 0.4) is 0 Å². The third-order valence-electron chi connectivity index (χ3n) is 3.78. The zero-order valence-electron chi connectivity index (χ0n) is 12.7. The van der Waals surface area contributed by atoms with Gasteiger partial charge in [-0.3, -0.25) is 13.8 Å². The second kappa shape index (κ2) is 4.84. The smallest absolute Gasteiger partial charge is 0.280 e. The van der Waals surface area contributed by atoms with Gasteiger partial charge in [0.1, 0.15) is 5.82 Å². The summed E-state index contributed by atoms with van der Waals surface area (Å²) in [5.41, 5.74) is 3.42. The summed E-state index contributed by atoms with van der Waals surface area (Å²) in [5.74, 6) is 1.02. The number of hydrogen-bond acceptors (Lipinski definition) is 3. The molecule has 0 N–H and O–H groups in total. The Morgan fingerprint density at radius 2 is 1.81 bits per heavy atom. The molecule has 21 heavy (non-hydrogen) atoms. The first-order valence-corrected chi connectivity index (χ1v) is 7.03. The van der Waals surface area contributed by atoms with Gasteiger partial charge in [0, 0.05) is 24.0 Å². The van der Waals surface area contributed by atoms with Crippen molar-refractivity contribution >= 4 is 5.65 Å². The molecule has 0 radical (unpaired) electrons. The molecule has 0 fully saturated rings. The number of aromatic nitrogens is 4. The van der Waals surface area contributed by atoms with E-state index in [-0.39, 0.29) is 11.5 Å². The second-order valence-corrected chi connectivity index (χ2v) is 5.65. The van der Waals surface area contributed by atoms with Gasteiger partial charge in [0.25, 0.3) is 0 Å². The molecule has 2 aromatic heterocycles. The summed E-state index contributed by atoms with van der Waals surface area (Å²) >= 11 is 0. The Morgan fingerprint density at radius 1 is 1.05 bits per heavy atom. The minimum atomic E-state index is -0.153. The molecule has 0 bridgehead atoms. The monoisotopic (exact) mass is 282 g/mol. The molecular weight excluding hydrogens is 264 g/mol. The number of nitrogens with zero attached hydrogens (tertiary/aromatic N) is 4. The van der Waals surface area contributed by atoms with Gasteiger partial charge in [0.2, 0.25) is 5.65 Å². The highest BCUT2D eigenvalue weighted by Crippen LogP contribution is 2.14. The second-order valence-electron chi connectivity index (χ2n) is 5.65. The summed E-state index contributed by atoms with van der Waals surface area (Å²) in [4.78, 5) is 12.6. The average Bonchev–Trinajstić information content (AvgIpc) is 2.87. The number of benzene rings is 1. The predicted molar refractivity (Wildman–Crippen MR) is 82.1 cm³/mol. The zero-order valence-corrected chi connectivity index (χ0v) is 12.7. The van der Waals surface area contributed by atoms with Gasteiger partial charge in [0.05, 0.1) is 0 Å². The minimum absolute atomic E-state index is 0.153. The van der Waals surface area contributed by atoms with Crippen molar-refractivity contribution in [2.75, 3.05) is 0 Å². The van der Waals surface area contributed by atoms with Gasteiger partial charge in [-0.2, -0.15) is 0 Å². The van der Waals surface area contributed by atoms with Crippen LogP contribution in [0.2, 0.25) is 0 Å². The van der Waals surface area contributed by atoms with Crippen molar-refractivity contribution in [2.45, 2.75) is 33.6 Å². The number of fused-ring (bicyclic) bond motifs is 1. The lowest BCUT2D eigenvalue weighted by Gasteiger charge is -2.09. The lowest BCUT2D eigenvalue weighted by atomic mass is 10.1. The molecule has 1 aromatic carbocycles. The summed E-state index contributed by atoms with van der Waals surface area (Å²) in [6.45, 7) is 8.16. The Kier molecular flexibility index (Phi) is 3.12. The third kappa shape index (κ3) is 2.14. The molecule has 108 valence electrons. The van der Waals surface area contributed by atoms with E-state index in [2.05, 4.69) is 17.1 Å². The van der Waals surface area contributed by atoms with Gasteiger partial charge < -0.3 is 0 Å². The van der Waals surface area contributed by atoms with Gasteiger partial charge >= 0.3 is 5.56 Å². The molecule has 0 amide bonds. The number of hydrogen-bond donors (Lipinski definition) is 0. The Balaban J connectivity index is 2.23. The van der Waals surface area contributed by atoms with Crippen molar-refractivity contribution in [1.82, 2.24) is 19.2 Å². The van der Waals surface area contributed by atoms with Crippen LogP contribution in [0.15, 0.2) is 35.4 Å². The Morgan fingerprint density at radius 3 is 2.48 bits per heavy atom. The lowest BCUT2D eigenvalue weighted by Crippen LogP contribution is -2.20. The van der Waals surface area contributed by atoms with Crippen LogP contribution >= 0.6 is 0 Å². The van der Waals surface area contributed by atoms with E-state index in [1.165, 1.54) is 5.56 Å². The normalized spacial score (nSPS) is 11.5. The van der Waals surface area contributed by atoms with Crippen LogP contribution in [-0.4, -0.2) is 19.2 Å². The van der Waals surface area contributed by atoms with Crippen LogP contribution in [-0.2, 0) is 0 Å². The van der Waals surface area contributed by atoms with Crippen LogP contribution in [0.5, 0.6) is 0 Å². The van der Waals surface area contributed by atoms with Crippen molar-refractivity contribution in [3.8, 4) is 5.69 Å². The van der Waals surface area contributed by atoms with E-state index in [1.54, 1.807) is 15.2 Å². The minimum Gasteiger partial charge on any atom is -0.280 e. The van der Waals surface area contributed by atoms with Crippen LogP contribution < -0.4 is 5.56 Å². The molecule has 3 aromatic rings. The van der Waals surface area contributed by atoms with Crippen molar-refractivity contribution in [3.63, 3.8) is 0 Å². The van der Waals surface area contributed by atoms with E-state index in [0.29, 0.717) is 5.65 Å². The quantitative estimate of drug-likeness (QED) is 0.726. The molecule has 0 atom stereocenters. The predicted octanol–water partition coefficient (Wildman–Crippen LogP) is 2.62.